The summed E-state index contributed by atoms with van der Waals surface area (Å²) < 4.78 is 0. The van der Waals surface area contributed by atoms with Crippen LogP contribution in [-0.2, 0) is 11.2 Å². The van der Waals surface area contributed by atoms with Gasteiger partial charge >= 0.3 is 5.97 Å². The number of fused-ring (bicyclic) bond motifs is 1. The van der Waals surface area contributed by atoms with E-state index in [9.17, 15) is 9.90 Å². The number of halogens is 1. The van der Waals surface area contributed by atoms with Crippen LogP contribution in [0.4, 0.5) is 0 Å². The van der Waals surface area contributed by atoms with Crippen molar-refractivity contribution in [2.24, 2.45) is 11.1 Å². The molecule has 0 amide bonds. The highest BCUT2D eigenvalue weighted by Crippen LogP contribution is 2.45. The minimum Gasteiger partial charge on any atom is -0.481 e. The maximum atomic E-state index is 11.5. The van der Waals surface area contributed by atoms with Crippen LogP contribution < -0.4 is 5.73 Å². The van der Waals surface area contributed by atoms with Crippen LogP contribution in [0.3, 0.4) is 0 Å². The van der Waals surface area contributed by atoms with Gasteiger partial charge in [-0.1, -0.05) is 24.3 Å². The van der Waals surface area contributed by atoms with Gasteiger partial charge in [-0.2, -0.15) is 0 Å². The molecule has 0 aromatic heterocycles. The third-order valence-corrected chi connectivity index (χ3v) is 3.98. The quantitative estimate of drug-likeness (QED) is 0.813. The lowest BCUT2D eigenvalue weighted by Crippen LogP contribution is -2.45. The topological polar surface area (TPSA) is 63.3 Å². The molecule has 2 atom stereocenters. The van der Waals surface area contributed by atoms with E-state index in [1.54, 1.807) is 0 Å². The molecule has 1 aromatic rings. The molecule has 4 heteroatoms. The first-order chi connectivity index (χ1) is 8.12. The van der Waals surface area contributed by atoms with Crippen LogP contribution in [0.5, 0.6) is 0 Å². The Labute approximate surface area is 106 Å². The highest BCUT2D eigenvalue weighted by atomic mass is 35.5. The van der Waals surface area contributed by atoms with Gasteiger partial charge in [0.1, 0.15) is 0 Å². The average Bonchev–Trinajstić information content (AvgIpc) is 2.33. The predicted octanol–water partition coefficient (Wildman–Crippen LogP) is 2.33. The first-order valence-electron chi connectivity index (χ1n) is 5.74. The molecule has 1 aliphatic rings. The Bertz CT molecular complexity index is 435. The minimum absolute atomic E-state index is 0.322. The number of hydrogen-bond acceptors (Lipinski definition) is 2. The van der Waals surface area contributed by atoms with E-state index in [-0.39, 0.29) is 0 Å². The second kappa shape index (κ2) is 4.67. The third-order valence-electron chi connectivity index (χ3n) is 3.79. The van der Waals surface area contributed by atoms with Crippen LogP contribution in [0, 0.1) is 5.41 Å². The average molecular weight is 254 g/mol. The Morgan fingerprint density at radius 1 is 1.53 bits per heavy atom. The molecular formula is C13H16ClNO2. The zero-order valence-corrected chi connectivity index (χ0v) is 10.3. The third kappa shape index (κ3) is 1.94. The molecule has 2 unspecified atom stereocenters. The molecule has 2 rings (SSSR count). The molecule has 0 aliphatic heterocycles. The van der Waals surface area contributed by atoms with Crippen LogP contribution in [0.15, 0.2) is 24.3 Å². The number of carbonyl (C=O) groups is 1. The van der Waals surface area contributed by atoms with Gasteiger partial charge in [-0.3, -0.25) is 4.79 Å². The van der Waals surface area contributed by atoms with Crippen LogP contribution in [0.1, 0.15) is 30.0 Å². The molecule has 3 N–H and O–H groups in total. The Morgan fingerprint density at radius 2 is 2.24 bits per heavy atom. The van der Waals surface area contributed by atoms with Crippen molar-refractivity contribution in [1.82, 2.24) is 0 Å². The smallest absolute Gasteiger partial charge is 0.311 e. The maximum Gasteiger partial charge on any atom is 0.311 e. The van der Waals surface area contributed by atoms with Crippen LogP contribution >= 0.6 is 11.6 Å². The van der Waals surface area contributed by atoms with E-state index in [2.05, 4.69) is 0 Å². The van der Waals surface area contributed by atoms with Crippen molar-refractivity contribution in [3.8, 4) is 0 Å². The first-order valence-corrected chi connectivity index (χ1v) is 6.28. The minimum atomic E-state index is -0.907. The summed E-state index contributed by atoms with van der Waals surface area (Å²) in [6.07, 6.45) is 1.74. The molecule has 0 spiro atoms. The Hall–Kier alpha value is -1.06. The molecule has 3 nitrogen and oxygen atoms in total. The summed E-state index contributed by atoms with van der Waals surface area (Å²) in [7, 11) is 0. The van der Waals surface area contributed by atoms with Crippen molar-refractivity contribution in [2.45, 2.75) is 25.3 Å². The monoisotopic (exact) mass is 253 g/mol. The SMILES string of the molecule is NC1c2ccccc2CCC1(CCCl)C(=O)O. The summed E-state index contributed by atoms with van der Waals surface area (Å²) >= 11 is 5.74. The highest BCUT2D eigenvalue weighted by Gasteiger charge is 2.46. The lowest BCUT2D eigenvalue weighted by atomic mass is 9.66. The highest BCUT2D eigenvalue weighted by molar-refractivity contribution is 6.18. The van der Waals surface area contributed by atoms with Gasteiger partial charge in [-0.15, -0.1) is 11.6 Å². The van der Waals surface area contributed by atoms with Crippen LogP contribution in [0.2, 0.25) is 0 Å². The van der Waals surface area contributed by atoms with Crippen molar-refractivity contribution < 1.29 is 9.90 Å². The fraction of sp³-hybridized carbons (Fsp3) is 0.462. The number of carboxylic acids is 1. The van der Waals surface area contributed by atoms with Crippen LogP contribution in [0.25, 0.3) is 0 Å². The Kier molecular flexibility index (Phi) is 3.40. The number of nitrogens with two attached hydrogens (primary N) is 1. The standard InChI is InChI=1S/C13H16ClNO2/c14-8-7-13(12(16)17)6-5-9-3-1-2-4-10(9)11(13)15/h1-4,11H,5-8,15H2,(H,16,17). The number of hydrogen-bond donors (Lipinski definition) is 2. The molecule has 1 aromatic carbocycles. The van der Waals surface area contributed by atoms with Crippen LogP contribution in [-0.4, -0.2) is 17.0 Å². The Balaban J connectivity index is 2.44. The van der Waals surface area contributed by atoms with E-state index in [0.29, 0.717) is 18.7 Å². The van der Waals surface area contributed by atoms with Gasteiger partial charge in [0.25, 0.3) is 0 Å². The van der Waals surface area contributed by atoms with Gasteiger partial charge in [0.2, 0.25) is 0 Å². The number of benzene rings is 1. The number of carboxylic acid groups (broad SMARTS) is 1. The lowest BCUT2D eigenvalue weighted by molar-refractivity contribution is -0.151. The van der Waals surface area contributed by atoms with Gasteiger partial charge in [0.15, 0.2) is 0 Å². The zero-order chi connectivity index (χ0) is 12.5. The van der Waals surface area contributed by atoms with Gasteiger partial charge in [-0.25, -0.2) is 0 Å². The Morgan fingerprint density at radius 3 is 2.88 bits per heavy atom. The van der Waals surface area contributed by atoms with Gasteiger partial charge in [0, 0.05) is 11.9 Å². The zero-order valence-electron chi connectivity index (χ0n) is 9.53. The van der Waals surface area contributed by atoms with Crippen molar-refractivity contribution in [3.05, 3.63) is 35.4 Å². The molecule has 0 radical (unpaired) electrons. The second-order valence-corrected chi connectivity index (χ2v) is 4.95. The van der Waals surface area contributed by atoms with E-state index in [4.69, 9.17) is 17.3 Å². The molecule has 17 heavy (non-hydrogen) atoms. The number of aliphatic carboxylic acids is 1. The van der Waals surface area contributed by atoms with Gasteiger partial charge in [-0.05, 0) is 30.4 Å². The maximum absolute atomic E-state index is 11.5. The van der Waals surface area contributed by atoms with Gasteiger partial charge < -0.3 is 10.8 Å². The molecule has 0 bridgehead atoms. The summed E-state index contributed by atoms with van der Waals surface area (Å²) in [5, 5.41) is 9.48. The molecule has 0 saturated heterocycles. The number of rotatable bonds is 3. The molecule has 0 fully saturated rings. The van der Waals surface area contributed by atoms with Crippen molar-refractivity contribution >= 4 is 17.6 Å². The second-order valence-electron chi connectivity index (χ2n) is 4.58. The van der Waals surface area contributed by atoms with Gasteiger partial charge in [0.05, 0.1) is 5.41 Å². The van der Waals surface area contributed by atoms with Crippen molar-refractivity contribution in [1.29, 1.82) is 0 Å². The van der Waals surface area contributed by atoms with Crippen molar-refractivity contribution in [2.75, 3.05) is 5.88 Å². The number of aryl methyl sites for hydroxylation is 1. The van der Waals surface area contributed by atoms with E-state index in [1.165, 1.54) is 0 Å². The summed E-state index contributed by atoms with van der Waals surface area (Å²) in [5.41, 5.74) is 7.38. The van der Waals surface area contributed by atoms with E-state index >= 15 is 0 Å². The van der Waals surface area contributed by atoms with E-state index < -0.39 is 17.4 Å². The summed E-state index contributed by atoms with van der Waals surface area (Å²) in [4.78, 5) is 11.5. The normalized spacial score (nSPS) is 27.5. The number of alkyl halides is 1. The predicted molar refractivity (Wildman–Crippen MR) is 67.1 cm³/mol. The lowest BCUT2D eigenvalue weighted by Gasteiger charge is -2.39. The molecular weight excluding hydrogens is 238 g/mol. The fourth-order valence-corrected chi connectivity index (χ4v) is 3.01. The summed E-state index contributed by atoms with van der Waals surface area (Å²) in [6, 6.07) is 7.33. The molecule has 0 saturated carbocycles. The van der Waals surface area contributed by atoms with E-state index in [0.717, 1.165) is 17.5 Å². The van der Waals surface area contributed by atoms with E-state index in [1.807, 2.05) is 24.3 Å². The summed E-state index contributed by atoms with van der Waals surface area (Å²) in [5.74, 6) is -0.512. The molecule has 92 valence electrons. The summed E-state index contributed by atoms with van der Waals surface area (Å²) in [6.45, 7) is 0. The van der Waals surface area contributed by atoms with Crippen molar-refractivity contribution in [3.63, 3.8) is 0 Å². The molecule has 0 heterocycles. The fourth-order valence-electron chi connectivity index (χ4n) is 2.67. The molecule has 1 aliphatic carbocycles. The largest absolute Gasteiger partial charge is 0.481 e. The first kappa shape index (κ1) is 12.4.